The van der Waals surface area contributed by atoms with Gasteiger partial charge in [0.2, 0.25) is 11.8 Å². The first-order valence-electron chi connectivity index (χ1n) is 25.7. The predicted molar refractivity (Wildman–Crippen MR) is 278 cm³/mol. The Bertz CT molecular complexity index is 2690. The van der Waals surface area contributed by atoms with Crippen LogP contribution in [0.5, 0.6) is 11.5 Å². The van der Waals surface area contributed by atoms with Crippen molar-refractivity contribution in [3.05, 3.63) is 87.2 Å². The summed E-state index contributed by atoms with van der Waals surface area (Å²) in [7, 11) is 0. The number of carbonyl (C=O) groups excluding carboxylic acids is 4. The molecule has 7 rings (SSSR count). The van der Waals surface area contributed by atoms with Crippen molar-refractivity contribution in [2.45, 2.75) is 84.4 Å². The summed E-state index contributed by atoms with van der Waals surface area (Å²) < 4.78 is 41.3. The average Bonchev–Trinajstić information content (AvgIpc) is 3.42. The summed E-state index contributed by atoms with van der Waals surface area (Å²) in [5.74, 6) is -0.198. The van der Waals surface area contributed by atoms with Crippen LogP contribution in [0.4, 0.5) is 5.69 Å². The number of anilines is 1. The number of primary amides is 1. The molecule has 21 heteroatoms. The van der Waals surface area contributed by atoms with Gasteiger partial charge in [-0.25, -0.2) is 0 Å². The lowest BCUT2D eigenvalue weighted by Gasteiger charge is -2.63. The number of nitrogens with one attached hydrogen (secondary N) is 1. The largest absolute Gasteiger partial charge is 0.491 e. The molecule has 3 heterocycles. The number of aromatic nitrogens is 3. The van der Waals surface area contributed by atoms with Gasteiger partial charge in [0.1, 0.15) is 41.8 Å². The number of nitrogens with two attached hydrogens (primary N) is 1. The van der Waals surface area contributed by atoms with E-state index < -0.39 is 17.5 Å². The average molecular weight is 1060 g/mol. The third-order valence-electron chi connectivity index (χ3n) is 14.2. The van der Waals surface area contributed by atoms with Crippen molar-refractivity contribution in [1.82, 2.24) is 25.2 Å². The number of ether oxygens (including phenoxy) is 7. The zero-order valence-corrected chi connectivity index (χ0v) is 44.0. The summed E-state index contributed by atoms with van der Waals surface area (Å²) in [5.41, 5.74) is 6.41. The Morgan fingerprint density at radius 3 is 1.97 bits per heavy atom. The van der Waals surface area contributed by atoms with E-state index >= 15 is 0 Å². The summed E-state index contributed by atoms with van der Waals surface area (Å²) in [4.78, 5) is 68.2. The number of carbonyl (C=O) groups is 4. The molecule has 75 heavy (non-hydrogen) atoms. The van der Waals surface area contributed by atoms with Crippen molar-refractivity contribution in [3.63, 3.8) is 0 Å². The fourth-order valence-corrected chi connectivity index (χ4v) is 10.5. The number of amides is 4. The molecule has 2 aliphatic heterocycles. The minimum atomic E-state index is -0.935. The van der Waals surface area contributed by atoms with Crippen molar-refractivity contribution in [2.75, 3.05) is 97.2 Å². The molecule has 4 aromatic rings. The lowest BCUT2D eigenvalue weighted by Crippen LogP contribution is -2.74. The first kappa shape index (κ1) is 56.5. The zero-order valence-electron chi connectivity index (χ0n) is 43.3. The van der Waals surface area contributed by atoms with Crippen LogP contribution in [0, 0.1) is 28.1 Å². The number of hydrogen-bond donors (Lipinski definition) is 2. The van der Waals surface area contributed by atoms with E-state index in [-0.39, 0.29) is 66.0 Å². The highest BCUT2D eigenvalue weighted by atomic mass is 35.5. The quantitative estimate of drug-likeness (QED) is 0.0544. The number of fused-ring (bicyclic) bond motifs is 1. The fraction of sp³-hybridized carbons (Fsp3) is 0.556. The van der Waals surface area contributed by atoms with Gasteiger partial charge in [0.05, 0.1) is 75.4 Å². The molecule has 4 amide bonds. The Morgan fingerprint density at radius 2 is 1.37 bits per heavy atom. The second kappa shape index (κ2) is 26.5. The van der Waals surface area contributed by atoms with E-state index in [1.807, 2.05) is 6.07 Å². The van der Waals surface area contributed by atoms with Crippen LogP contribution in [-0.4, -0.2) is 148 Å². The van der Waals surface area contributed by atoms with Crippen LogP contribution in [0.25, 0.3) is 10.9 Å². The lowest BCUT2D eigenvalue weighted by atomic mass is 9.49. The van der Waals surface area contributed by atoms with E-state index in [0.29, 0.717) is 150 Å². The van der Waals surface area contributed by atoms with Gasteiger partial charge in [-0.3, -0.25) is 28.9 Å². The number of unbranched alkanes of at least 4 members (excludes halogenated alkanes) is 1. The Labute approximate surface area is 441 Å². The topological polar surface area (TPSA) is 249 Å². The van der Waals surface area contributed by atoms with Crippen LogP contribution in [-0.2, 0) is 38.1 Å². The summed E-state index contributed by atoms with van der Waals surface area (Å²) in [5, 5.41) is 21.4. The number of halogens is 1. The van der Waals surface area contributed by atoms with E-state index in [0.717, 1.165) is 10.4 Å². The van der Waals surface area contributed by atoms with Crippen molar-refractivity contribution in [3.8, 4) is 17.6 Å². The maximum absolute atomic E-state index is 13.7. The summed E-state index contributed by atoms with van der Waals surface area (Å²) in [6.45, 7) is 14.1. The molecule has 1 atom stereocenters. The van der Waals surface area contributed by atoms with E-state index in [9.17, 15) is 29.2 Å². The second-order valence-corrected chi connectivity index (χ2v) is 20.5. The normalized spacial score (nSPS) is 19.4. The minimum Gasteiger partial charge on any atom is -0.491 e. The number of nitrogens with zero attached hydrogens (tertiary/aromatic N) is 6. The number of imide groups is 1. The fourth-order valence-electron chi connectivity index (χ4n) is 10.3. The third kappa shape index (κ3) is 14.4. The van der Waals surface area contributed by atoms with Crippen molar-refractivity contribution >= 4 is 51.8 Å². The van der Waals surface area contributed by atoms with Gasteiger partial charge in [0, 0.05) is 72.8 Å². The van der Waals surface area contributed by atoms with Crippen molar-refractivity contribution in [2.24, 2.45) is 22.5 Å². The molecule has 3 fully saturated rings. The minimum absolute atomic E-state index is 0.110. The van der Waals surface area contributed by atoms with Crippen LogP contribution in [0.15, 0.2) is 65.5 Å². The first-order valence-corrected chi connectivity index (χ1v) is 26.0. The predicted octanol–water partition coefficient (Wildman–Crippen LogP) is 5.26. The van der Waals surface area contributed by atoms with Crippen LogP contribution < -0.4 is 31.0 Å². The van der Waals surface area contributed by atoms with E-state index in [2.05, 4.69) is 54.3 Å². The molecule has 2 saturated heterocycles. The van der Waals surface area contributed by atoms with Crippen molar-refractivity contribution < 1.29 is 52.3 Å². The van der Waals surface area contributed by atoms with Crippen molar-refractivity contribution in [1.29, 1.82) is 5.26 Å². The highest BCUT2D eigenvalue weighted by Crippen LogP contribution is 2.55. The number of benzene rings is 3. The van der Waals surface area contributed by atoms with Crippen LogP contribution in [0.3, 0.4) is 0 Å². The van der Waals surface area contributed by atoms with E-state index in [1.165, 1.54) is 4.90 Å². The number of likely N-dealkylation sites (tertiary alicyclic amines) is 1. The zero-order chi connectivity index (χ0) is 53.5. The lowest BCUT2D eigenvalue weighted by molar-refractivity contribution is -0.164. The SMILES string of the molecule is CC1(C)C(NC(=O)c2ccc(OCCOCCOCCOCCOCCOCCCCN3C(=O)CCC(n4nnc5ccc(N6CCC(C(N)=O)CC6)cc5c4=O)C3=O)cc2)C(C)(C)C1Oc1ccc(C#N)c(Cl)c1. The Hall–Kier alpha value is -6.21. The molecule has 404 valence electrons. The highest BCUT2D eigenvalue weighted by molar-refractivity contribution is 6.31. The Morgan fingerprint density at radius 1 is 0.773 bits per heavy atom. The van der Waals surface area contributed by atoms with Crippen LogP contribution >= 0.6 is 11.6 Å². The van der Waals surface area contributed by atoms with Gasteiger partial charge in [0.15, 0.2) is 0 Å². The Kier molecular flexibility index (Phi) is 20.0. The van der Waals surface area contributed by atoms with Gasteiger partial charge in [0.25, 0.3) is 17.4 Å². The van der Waals surface area contributed by atoms with Gasteiger partial charge < -0.3 is 49.1 Å². The number of nitriles is 1. The molecular weight excluding hydrogens is 988 g/mol. The summed E-state index contributed by atoms with van der Waals surface area (Å²) in [6.07, 6.45) is 2.49. The molecule has 20 nitrogen and oxygen atoms in total. The highest BCUT2D eigenvalue weighted by Gasteiger charge is 2.64. The standard InChI is InChI=1S/C54H69ClN8O12/c1-53(2)51(54(3,4)52(53)75-41-13-9-38(35-56)43(55)34-41)58-48(66)37-7-11-40(12-8-37)74-32-31-73-30-29-72-28-27-71-26-25-70-24-23-69-22-6-5-19-62-46(64)16-15-45(50(62)68)63-49(67)42-33-39(10-14-44(42)59-60-63)61-20-17-36(18-21-61)47(57)65/h7-14,33-34,36,45,51-52H,5-6,15-32H2,1-4H3,(H2,57,65)(H,58,66). The number of piperidine rings is 2. The summed E-state index contributed by atoms with van der Waals surface area (Å²) in [6, 6.07) is 18.3. The molecule has 1 unspecified atom stereocenters. The molecule has 3 N–H and O–H groups in total. The van der Waals surface area contributed by atoms with Gasteiger partial charge in [-0.2, -0.15) is 9.94 Å². The van der Waals surface area contributed by atoms with Gasteiger partial charge in [-0.15, -0.1) is 5.10 Å². The summed E-state index contributed by atoms with van der Waals surface area (Å²) >= 11 is 6.23. The van der Waals surface area contributed by atoms with Crippen LogP contribution in [0.1, 0.15) is 88.2 Å². The number of hydrogen-bond acceptors (Lipinski definition) is 16. The van der Waals surface area contributed by atoms with Gasteiger partial charge in [-0.05, 0) is 86.7 Å². The van der Waals surface area contributed by atoms with Gasteiger partial charge >= 0.3 is 0 Å². The molecule has 0 spiro atoms. The molecule has 1 aromatic heterocycles. The number of rotatable bonds is 28. The molecular formula is C54H69ClN8O12. The molecule has 1 saturated carbocycles. The second-order valence-electron chi connectivity index (χ2n) is 20.1. The van der Waals surface area contributed by atoms with Crippen LogP contribution in [0.2, 0.25) is 5.02 Å². The molecule has 3 aliphatic rings. The maximum atomic E-state index is 13.7. The molecule has 1 aliphatic carbocycles. The third-order valence-corrected chi connectivity index (χ3v) is 14.5. The molecule has 0 radical (unpaired) electrons. The van der Waals surface area contributed by atoms with E-state index in [4.69, 9.17) is 50.5 Å². The van der Waals surface area contributed by atoms with E-state index in [1.54, 1.807) is 54.6 Å². The monoisotopic (exact) mass is 1060 g/mol. The molecule has 3 aromatic carbocycles. The molecule has 0 bridgehead atoms. The first-order chi connectivity index (χ1) is 36.1. The Balaban J connectivity index is 0.668. The smallest absolute Gasteiger partial charge is 0.278 e. The maximum Gasteiger partial charge on any atom is 0.278 e. The van der Waals surface area contributed by atoms with Gasteiger partial charge in [-0.1, -0.05) is 44.5 Å².